The number of hydrogen-bond acceptors (Lipinski definition) is 5. The number of halogens is 2. The molecule has 8 heteroatoms. The molecule has 0 bridgehead atoms. The van der Waals surface area contributed by atoms with Gasteiger partial charge in [-0.2, -0.15) is 5.10 Å². The Kier molecular flexibility index (Phi) is 6.61. The van der Waals surface area contributed by atoms with Crippen molar-refractivity contribution in [1.82, 2.24) is 10.4 Å². The van der Waals surface area contributed by atoms with Crippen LogP contribution in [-0.2, 0) is 4.79 Å². The molecule has 2 N–H and O–H groups in total. The Hall–Kier alpha value is -1.38. The van der Waals surface area contributed by atoms with E-state index in [1.54, 1.807) is 25.3 Å². The maximum Gasteiger partial charge on any atom is 0.253 e. The van der Waals surface area contributed by atoms with E-state index in [1.807, 2.05) is 18.2 Å². The lowest BCUT2D eigenvalue weighted by atomic mass is 10.2. The molecular formula is C15H13Br2N3O2S. The fourth-order valence-corrected chi connectivity index (χ4v) is 3.60. The van der Waals surface area contributed by atoms with Crippen LogP contribution in [0.4, 0.5) is 0 Å². The van der Waals surface area contributed by atoms with E-state index in [0.29, 0.717) is 8.95 Å². The largest absolute Gasteiger partial charge is 0.506 e. The smallest absolute Gasteiger partial charge is 0.253 e. The number of pyridine rings is 1. The van der Waals surface area contributed by atoms with Gasteiger partial charge in [0.15, 0.2) is 0 Å². The second kappa shape index (κ2) is 8.47. The Morgan fingerprint density at radius 2 is 2.09 bits per heavy atom. The first kappa shape index (κ1) is 18.0. The molecule has 2 rings (SSSR count). The second-order valence-corrected chi connectivity index (χ2v) is 7.57. The van der Waals surface area contributed by atoms with E-state index in [1.165, 1.54) is 18.0 Å². The zero-order chi connectivity index (χ0) is 16.8. The van der Waals surface area contributed by atoms with Crippen molar-refractivity contribution in [2.75, 3.05) is 0 Å². The molecule has 0 aliphatic heterocycles. The topological polar surface area (TPSA) is 74.6 Å². The summed E-state index contributed by atoms with van der Waals surface area (Å²) in [6.45, 7) is 1.79. The van der Waals surface area contributed by atoms with E-state index in [-0.39, 0.29) is 16.9 Å². The monoisotopic (exact) mass is 457 g/mol. The summed E-state index contributed by atoms with van der Waals surface area (Å²) in [7, 11) is 0. The van der Waals surface area contributed by atoms with Crippen LogP contribution in [0.3, 0.4) is 0 Å². The number of aromatic hydroxyl groups is 1. The molecule has 0 fully saturated rings. The van der Waals surface area contributed by atoms with Gasteiger partial charge in [-0.1, -0.05) is 17.8 Å². The number of carbonyl (C=O) groups excluding carboxylic acids is 1. The maximum absolute atomic E-state index is 12.0. The van der Waals surface area contributed by atoms with Crippen LogP contribution in [0.25, 0.3) is 0 Å². The fourth-order valence-electron chi connectivity index (χ4n) is 1.57. The summed E-state index contributed by atoms with van der Waals surface area (Å²) in [6.07, 6.45) is 3.19. The summed E-state index contributed by atoms with van der Waals surface area (Å²) >= 11 is 7.84. The number of hydrazone groups is 1. The molecule has 0 aliphatic carbocycles. The number of aromatic nitrogens is 1. The number of carbonyl (C=O) groups is 1. The summed E-state index contributed by atoms with van der Waals surface area (Å²) in [5.74, 6) is -0.0969. The minimum atomic E-state index is -0.319. The zero-order valence-corrected chi connectivity index (χ0v) is 16.0. The molecule has 1 atom stereocenters. The van der Waals surface area contributed by atoms with Crippen molar-refractivity contribution in [1.29, 1.82) is 0 Å². The molecule has 1 amide bonds. The molecule has 1 unspecified atom stereocenters. The van der Waals surface area contributed by atoms with E-state index in [0.717, 1.165) is 10.6 Å². The minimum absolute atomic E-state index is 0.117. The average Bonchev–Trinajstić information content (AvgIpc) is 2.53. The van der Waals surface area contributed by atoms with Crippen LogP contribution >= 0.6 is 43.6 Å². The first-order valence-electron chi connectivity index (χ1n) is 6.56. The molecule has 1 aromatic heterocycles. The molecule has 23 heavy (non-hydrogen) atoms. The van der Waals surface area contributed by atoms with Crippen molar-refractivity contribution in [2.45, 2.75) is 17.2 Å². The highest BCUT2D eigenvalue weighted by molar-refractivity contribution is 9.11. The normalized spacial score (nSPS) is 12.3. The third kappa shape index (κ3) is 5.33. The number of phenolic OH excluding ortho intramolecular Hbond substituents is 1. The number of amides is 1. The minimum Gasteiger partial charge on any atom is -0.506 e. The van der Waals surface area contributed by atoms with Crippen LogP contribution in [0.1, 0.15) is 12.5 Å². The van der Waals surface area contributed by atoms with Crippen LogP contribution in [0.15, 0.2) is 55.6 Å². The number of nitrogens with zero attached hydrogens (tertiary/aromatic N) is 2. The Labute approximate surface area is 154 Å². The van der Waals surface area contributed by atoms with Crippen LogP contribution < -0.4 is 5.43 Å². The first-order chi connectivity index (χ1) is 11.0. The third-order valence-corrected chi connectivity index (χ3v) is 4.99. The average molecular weight is 459 g/mol. The molecule has 1 aromatic carbocycles. The Bertz CT molecular complexity index is 703. The van der Waals surface area contributed by atoms with Gasteiger partial charge in [0.05, 0.1) is 25.4 Å². The zero-order valence-electron chi connectivity index (χ0n) is 12.0. The van der Waals surface area contributed by atoms with Crippen LogP contribution in [-0.4, -0.2) is 27.5 Å². The molecular weight excluding hydrogens is 446 g/mol. The predicted octanol–water partition coefficient (Wildman–Crippen LogP) is 3.94. The van der Waals surface area contributed by atoms with E-state index in [4.69, 9.17) is 0 Å². The number of hydrogen-bond donors (Lipinski definition) is 2. The molecule has 0 saturated heterocycles. The van der Waals surface area contributed by atoms with Gasteiger partial charge in [0.2, 0.25) is 0 Å². The van der Waals surface area contributed by atoms with Crippen molar-refractivity contribution in [2.24, 2.45) is 5.10 Å². The molecule has 5 nitrogen and oxygen atoms in total. The van der Waals surface area contributed by atoms with Crippen molar-refractivity contribution in [3.63, 3.8) is 0 Å². The second-order valence-electron chi connectivity index (χ2n) is 4.50. The van der Waals surface area contributed by atoms with Crippen molar-refractivity contribution in [3.8, 4) is 5.75 Å². The van der Waals surface area contributed by atoms with Crippen LogP contribution in [0.5, 0.6) is 5.75 Å². The van der Waals surface area contributed by atoms with Gasteiger partial charge >= 0.3 is 0 Å². The number of benzene rings is 1. The molecule has 0 radical (unpaired) electrons. The van der Waals surface area contributed by atoms with Crippen LogP contribution in [0.2, 0.25) is 0 Å². The third-order valence-electron chi connectivity index (χ3n) is 2.73. The van der Waals surface area contributed by atoms with E-state index >= 15 is 0 Å². The molecule has 0 spiro atoms. The fraction of sp³-hybridized carbons (Fsp3) is 0.133. The summed E-state index contributed by atoms with van der Waals surface area (Å²) in [5, 5.41) is 14.0. The van der Waals surface area contributed by atoms with E-state index in [2.05, 4.69) is 47.4 Å². The van der Waals surface area contributed by atoms with Gasteiger partial charge in [-0.15, -0.1) is 0 Å². The van der Waals surface area contributed by atoms with Gasteiger partial charge in [0.25, 0.3) is 5.91 Å². The number of phenols is 1. The number of rotatable bonds is 5. The lowest BCUT2D eigenvalue weighted by Gasteiger charge is -2.08. The van der Waals surface area contributed by atoms with Gasteiger partial charge in [0.1, 0.15) is 5.75 Å². The predicted molar refractivity (Wildman–Crippen MR) is 98.8 cm³/mol. The summed E-state index contributed by atoms with van der Waals surface area (Å²) < 4.78 is 1.08. The molecule has 120 valence electrons. The van der Waals surface area contributed by atoms with Gasteiger partial charge < -0.3 is 5.11 Å². The van der Waals surface area contributed by atoms with Crippen molar-refractivity contribution < 1.29 is 9.90 Å². The van der Waals surface area contributed by atoms with Gasteiger partial charge in [-0.3, -0.25) is 4.79 Å². The highest BCUT2D eigenvalue weighted by Crippen LogP contribution is 2.32. The molecule has 1 heterocycles. The van der Waals surface area contributed by atoms with Gasteiger partial charge in [-0.25, -0.2) is 10.4 Å². The SMILES string of the molecule is CC(Sc1ccccn1)C(=O)N/N=C/c1cc(Br)c(O)c(Br)c1. The number of nitrogens with one attached hydrogen (secondary N) is 1. The Morgan fingerprint density at radius 1 is 1.39 bits per heavy atom. The van der Waals surface area contributed by atoms with Gasteiger partial charge in [-0.05, 0) is 68.6 Å². The molecule has 0 saturated carbocycles. The van der Waals surface area contributed by atoms with E-state index in [9.17, 15) is 9.90 Å². The van der Waals surface area contributed by atoms with Crippen molar-refractivity contribution in [3.05, 3.63) is 51.0 Å². The van der Waals surface area contributed by atoms with Crippen molar-refractivity contribution >= 4 is 55.7 Å². The Balaban J connectivity index is 1.93. The highest BCUT2D eigenvalue weighted by atomic mass is 79.9. The summed E-state index contributed by atoms with van der Waals surface area (Å²) in [6, 6.07) is 8.94. The van der Waals surface area contributed by atoms with Crippen LogP contribution in [0, 0.1) is 0 Å². The molecule has 0 aliphatic rings. The quantitative estimate of drug-likeness (QED) is 0.404. The van der Waals surface area contributed by atoms with E-state index < -0.39 is 0 Å². The molecule has 2 aromatic rings. The summed E-state index contributed by atoms with van der Waals surface area (Å²) in [4.78, 5) is 16.2. The summed E-state index contributed by atoms with van der Waals surface area (Å²) in [5.41, 5.74) is 3.22. The lowest BCUT2D eigenvalue weighted by molar-refractivity contribution is -0.120. The number of thioether (sulfide) groups is 1. The maximum atomic E-state index is 12.0. The first-order valence-corrected chi connectivity index (χ1v) is 9.02. The standard InChI is InChI=1S/C15H13Br2N3O2S/c1-9(23-13-4-2-3-5-18-13)15(22)20-19-8-10-6-11(16)14(21)12(17)7-10/h2-9,21H,1H3,(H,20,22)/b19-8+. The van der Waals surface area contributed by atoms with Gasteiger partial charge in [0, 0.05) is 6.20 Å². The lowest BCUT2D eigenvalue weighted by Crippen LogP contribution is -2.26. The Morgan fingerprint density at radius 3 is 2.70 bits per heavy atom. The highest BCUT2D eigenvalue weighted by Gasteiger charge is 2.14.